The largest absolute Gasteiger partial charge is 0.419 e. The first kappa shape index (κ1) is 29.0. The minimum absolute atomic E-state index is 0.144. The Kier molecular flexibility index (Phi) is 7.55. The Morgan fingerprint density at radius 3 is 2.44 bits per heavy atom. The molecular formula is C27H32F6N8. The quantitative estimate of drug-likeness (QED) is 0.436. The summed E-state index contributed by atoms with van der Waals surface area (Å²) < 4.78 is 82.3. The van der Waals surface area contributed by atoms with Crippen LogP contribution in [-0.4, -0.2) is 59.5 Å². The number of anilines is 3. The lowest BCUT2D eigenvalue weighted by atomic mass is 9.97. The van der Waals surface area contributed by atoms with E-state index in [1.807, 2.05) is 0 Å². The van der Waals surface area contributed by atoms with Crippen LogP contribution >= 0.6 is 0 Å². The molecule has 2 aromatic rings. The number of aromatic nitrogens is 3. The van der Waals surface area contributed by atoms with Crippen LogP contribution in [0.4, 0.5) is 43.9 Å². The van der Waals surface area contributed by atoms with E-state index in [4.69, 9.17) is 9.97 Å². The van der Waals surface area contributed by atoms with Gasteiger partial charge in [0.05, 0.1) is 16.8 Å². The molecule has 3 aliphatic heterocycles. The molecule has 0 radical (unpaired) electrons. The number of pyridine rings is 1. The van der Waals surface area contributed by atoms with Gasteiger partial charge in [-0.3, -0.25) is 5.32 Å². The van der Waals surface area contributed by atoms with Crippen molar-refractivity contribution >= 4 is 17.6 Å². The highest BCUT2D eigenvalue weighted by Gasteiger charge is 2.46. The van der Waals surface area contributed by atoms with Crippen LogP contribution in [0.15, 0.2) is 41.9 Å². The smallest absolute Gasteiger partial charge is 0.355 e. The van der Waals surface area contributed by atoms with Crippen molar-refractivity contribution < 1.29 is 26.3 Å². The van der Waals surface area contributed by atoms with Gasteiger partial charge in [-0.25, -0.2) is 9.97 Å². The molecule has 0 bridgehead atoms. The zero-order valence-corrected chi connectivity index (χ0v) is 22.9. The minimum atomic E-state index is -4.56. The molecule has 2 atom stereocenters. The molecule has 2 unspecified atom stereocenters. The van der Waals surface area contributed by atoms with E-state index in [0.29, 0.717) is 41.7 Å². The monoisotopic (exact) mass is 582 g/mol. The first-order chi connectivity index (χ1) is 19.3. The van der Waals surface area contributed by atoms with Gasteiger partial charge in [-0.15, -0.1) is 0 Å². The second-order valence-corrected chi connectivity index (χ2v) is 10.6. The Morgan fingerprint density at radius 2 is 1.78 bits per heavy atom. The fourth-order valence-corrected chi connectivity index (χ4v) is 5.62. The van der Waals surface area contributed by atoms with Crippen molar-refractivity contribution in [3.8, 4) is 0 Å². The van der Waals surface area contributed by atoms with Gasteiger partial charge in [0.1, 0.15) is 23.1 Å². The maximum atomic E-state index is 13.8. The number of rotatable bonds is 5. The summed E-state index contributed by atoms with van der Waals surface area (Å²) in [6.45, 7) is 4.70. The normalized spacial score (nSPS) is 23.4. The predicted molar refractivity (Wildman–Crippen MR) is 143 cm³/mol. The maximum Gasteiger partial charge on any atom is 0.419 e. The number of allylic oxidation sites excluding steroid dienone is 2. The molecule has 0 spiro atoms. The highest BCUT2D eigenvalue weighted by molar-refractivity contribution is 5.58. The van der Waals surface area contributed by atoms with Crippen LogP contribution in [-0.2, 0) is 19.0 Å². The van der Waals surface area contributed by atoms with Crippen LogP contribution in [0.1, 0.15) is 43.5 Å². The van der Waals surface area contributed by atoms with Gasteiger partial charge in [-0.2, -0.15) is 31.3 Å². The lowest BCUT2D eigenvalue weighted by Crippen LogP contribution is -2.58. The number of halogens is 6. The average molecular weight is 583 g/mol. The molecule has 1 fully saturated rings. The van der Waals surface area contributed by atoms with Crippen LogP contribution in [0, 0.1) is 0 Å². The number of likely N-dealkylation sites (N-methyl/N-ethyl adjacent to an activating group) is 1. The van der Waals surface area contributed by atoms with E-state index >= 15 is 0 Å². The molecule has 222 valence electrons. The predicted octanol–water partition coefficient (Wildman–Crippen LogP) is 4.77. The lowest BCUT2D eigenvalue weighted by Gasteiger charge is -2.38. The van der Waals surface area contributed by atoms with Crippen LogP contribution < -0.4 is 25.8 Å². The SMILES string of the molecule is CNC1(C)NC(Nc2nc(N3CCCC3C)nc3c2CCN(c2ncccc2C(F)(F)F)CC3)=CC=C1C(F)(F)F. The lowest BCUT2D eigenvalue weighted by molar-refractivity contribution is -0.137. The van der Waals surface area contributed by atoms with Crippen molar-refractivity contribution in [1.29, 1.82) is 0 Å². The van der Waals surface area contributed by atoms with Crippen molar-refractivity contribution in [2.45, 2.75) is 63.6 Å². The van der Waals surface area contributed by atoms with E-state index in [9.17, 15) is 26.3 Å². The van der Waals surface area contributed by atoms with Crippen LogP contribution in [0.3, 0.4) is 0 Å². The number of hydrogen-bond donors (Lipinski definition) is 3. The van der Waals surface area contributed by atoms with E-state index in [-0.39, 0.29) is 24.9 Å². The topological polar surface area (TPSA) is 81.2 Å². The van der Waals surface area contributed by atoms with Gasteiger partial charge in [0, 0.05) is 43.9 Å². The molecule has 3 N–H and O–H groups in total. The number of nitrogens with zero attached hydrogens (tertiary/aromatic N) is 5. The molecule has 14 heteroatoms. The van der Waals surface area contributed by atoms with Crippen molar-refractivity contribution in [3.63, 3.8) is 0 Å². The van der Waals surface area contributed by atoms with E-state index in [1.165, 1.54) is 32.3 Å². The average Bonchev–Trinajstić information content (AvgIpc) is 3.21. The number of nitrogens with one attached hydrogen (secondary N) is 3. The highest BCUT2D eigenvalue weighted by atomic mass is 19.4. The zero-order chi connectivity index (χ0) is 29.6. The molecule has 2 aromatic heterocycles. The van der Waals surface area contributed by atoms with Gasteiger partial charge in [0.15, 0.2) is 0 Å². The summed E-state index contributed by atoms with van der Waals surface area (Å²) in [6.07, 6.45) is -2.87. The third kappa shape index (κ3) is 5.79. The Labute approximate surface area is 233 Å². The van der Waals surface area contributed by atoms with Crippen LogP contribution in [0.5, 0.6) is 0 Å². The molecule has 8 nitrogen and oxygen atoms in total. The number of dihydropyridines is 1. The van der Waals surface area contributed by atoms with Crippen molar-refractivity contribution in [1.82, 2.24) is 25.6 Å². The van der Waals surface area contributed by atoms with E-state index in [1.54, 1.807) is 4.90 Å². The molecule has 5 heterocycles. The van der Waals surface area contributed by atoms with Gasteiger partial charge in [-0.1, -0.05) is 0 Å². The van der Waals surface area contributed by atoms with Crippen LogP contribution in [0.25, 0.3) is 0 Å². The molecule has 41 heavy (non-hydrogen) atoms. The molecule has 5 rings (SSSR count). The van der Waals surface area contributed by atoms with Crippen LogP contribution in [0.2, 0.25) is 0 Å². The first-order valence-corrected chi connectivity index (χ1v) is 13.5. The fraction of sp³-hybridized carbons (Fsp3) is 0.519. The number of fused-ring (bicyclic) bond motifs is 1. The van der Waals surface area contributed by atoms with Crippen molar-refractivity contribution in [2.24, 2.45) is 0 Å². The summed E-state index contributed by atoms with van der Waals surface area (Å²) in [7, 11) is 1.43. The summed E-state index contributed by atoms with van der Waals surface area (Å²) in [5, 5.41) is 8.77. The van der Waals surface area contributed by atoms with Gasteiger partial charge in [0.2, 0.25) is 5.95 Å². The summed E-state index contributed by atoms with van der Waals surface area (Å²) in [5.74, 6) is 1.04. The Bertz CT molecular complexity index is 1350. The minimum Gasteiger partial charge on any atom is -0.355 e. The van der Waals surface area contributed by atoms with E-state index in [2.05, 4.69) is 32.8 Å². The van der Waals surface area contributed by atoms with E-state index in [0.717, 1.165) is 31.5 Å². The standard InChI is InChI=1S/C27H32F6N8/c1-16-6-5-13-41(16)24-36-19-11-15-40(23-18(26(28,29)30)7-4-12-35-23)14-10-17(19)22(38-24)37-21-9-8-20(27(31,32)33)25(2,34-3)39-21/h4,7-9,12,16,34,39H,5-6,10-11,13-15H2,1-3H3,(H,36,37,38). The summed E-state index contributed by atoms with van der Waals surface area (Å²) in [5.41, 5.74) is -1.81. The maximum absolute atomic E-state index is 13.8. The fourth-order valence-electron chi connectivity index (χ4n) is 5.62. The molecule has 3 aliphatic rings. The van der Waals surface area contributed by atoms with E-state index < -0.39 is 29.2 Å². The Hall–Kier alpha value is -3.55. The van der Waals surface area contributed by atoms with Gasteiger partial charge in [-0.05, 0) is 64.4 Å². The summed E-state index contributed by atoms with van der Waals surface area (Å²) >= 11 is 0. The van der Waals surface area contributed by atoms with Crippen molar-refractivity contribution in [2.75, 3.05) is 41.8 Å². The second kappa shape index (κ2) is 10.7. The van der Waals surface area contributed by atoms with Gasteiger partial charge in [0.25, 0.3) is 0 Å². The third-order valence-corrected chi connectivity index (χ3v) is 7.93. The Morgan fingerprint density at radius 1 is 1.02 bits per heavy atom. The second-order valence-electron chi connectivity index (χ2n) is 10.6. The van der Waals surface area contributed by atoms with Crippen molar-refractivity contribution in [3.05, 3.63) is 58.7 Å². The first-order valence-electron chi connectivity index (χ1n) is 13.5. The molecular weight excluding hydrogens is 550 g/mol. The summed E-state index contributed by atoms with van der Waals surface area (Å²) in [4.78, 5) is 17.4. The molecule has 1 saturated heterocycles. The summed E-state index contributed by atoms with van der Waals surface area (Å²) in [6, 6.07) is 2.48. The highest BCUT2D eigenvalue weighted by Crippen LogP contribution is 2.38. The third-order valence-electron chi connectivity index (χ3n) is 7.93. The zero-order valence-electron chi connectivity index (χ0n) is 22.9. The molecule has 0 amide bonds. The molecule has 0 aliphatic carbocycles. The number of alkyl halides is 6. The molecule has 0 aromatic carbocycles. The Balaban J connectivity index is 1.51. The number of hydrogen-bond acceptors (Lipinski definition) is 8. The van der Waals surface area contributed by atoms with Gasteiger partial charge >= 0.3 is 12.4 Å². The van der Waals surface area contributed by atoms with Gasteiger partial charge < -0.3 is 20.4 Å². The molecule has 0 saturated carbocycles.